The second kappa shape index (κ2) is 5.79. The molecule has 0 aromatic rings. The van der Waals surface area contributed by atoms with Gasteiger partial charge in [-0.3, -0.25) is 0 Å². The van der Waals surface area contributed by atoms with E-state index in [1.165, 1.54) is 0 Å². The van der Waals surface area contributed by atoms with Gasteiger partial charge in [-0.05, 0) is 19.3 Å². The van der Waals surface area contributed by atoms with Gasteiger partial charge < -0.3 is 15.4 Å². The minimum absolute atomic E-state index is 0.0271. The lowest BCUT2D eigenvalue weighted by Gasteiger charge is -2.54. The Labute approximate surface area is 114 Å². The molecular weight excluding hydrogens is 242 g/mol. The Morgan fingerprint density at radius 1 is 1.47 bits per heavy atom. The Morgan fingerprint density at radius 3 is 3.00 bits per heavy atom. The molecule has 2 N–H and O–H groups in total. The smallest absolute Gasteiger partial charge is 0.315 e. The Morgan fingerprint density at radius 2 is 2.26 bits per heavy atom. The summed E-state index contributed by atoms with van der Waals surface area (Å²) in [6.07, 6.45) is 3.59. The lowest BCUT2D eigenvalue weighted by Crippen LogP contribution is -2.67. The lowest BCUT2D eigenvalue weighted by atomic mass is 9.57. The summed E-state index contributed by atoms with van der Waals surface area (Å²) >= 11 is 0. The summed E-state index contributed by atoms with van der Waals surface area (Å²) in [5.74, 6) is 0.472. The fraction of sp³-hybridized carbons (Fsp3) is 0.857. The van der Waals surface area contributed by atoms with Gasteiger partial charge in [-0.25, -0.2) is 4.79 Å². The average Bonchev–Trinajstić information content (AvgIpc) is 2.82. The topological polar surface area (TPSA) is 74.2 Å². The summed E-state index contributed by atoms with van der Waals surface area (Å²) in [4.78, 5) is 11.8. The summed E-state index contributed by atoms with van der Waals surface area (Å²) in [6, 6.07) is 2.21. The van der Waals surface area contributed by atoms with Crippen LogP contribution in [0.3, 0.4) is 0 Å². The van der Waals surface area contributed by atoms with E-state index in [2.05, 4.69) is 30.6 Å². The third kappa shape index (κ3) is 2.84. The van der Waals surface area contributed by atoms with Gasteiger partial charge in [0.05, 0.1) is 12.2 Å². The third-order valence-electron chi connectivity index (χ3n) is 4.39. The van der Waals surface area contributed by atoms with E-state index in [-0.39, 0.29) is 17.5 Å². The predicted octanol–water partition coefficient (Wildman–Crippen LogP) is 1.79. The first-order valence-corrected chi connectivity index (χ1v) is 7.10. The zero-order valence-corrected chi connectivity index (χ0v) is 11.7. The van der Waals surface area contributed by atoms with Crippen LogP contribution in [0.2, 0.25) is 0 Å². The Hall–Kier alpha value is -1.28. The molecule has 1 aliphatic carbocycles. The number of hydrogen-bond donors (Lipinski definition) is 2. The van der Waals surface area contributed by atoms with Gasteiger partial charge in [-0.1, -0.05) is 13.8 Å². The number of urea groups is 1. The summed E-state index contributed by atoms with van der Waals surface area (Å²) in [7, 11) is 0. The van der Waals surface area contributed by atoms with Crippen LogP contribution in [-0.2, 0) is 4.74 Å². The Bertz CT molecular complexity index is 375. The molecule has 2 aliphatic rings. The van der Waals surface area contributed by atoms with Crippen LogP contribution in [0.25, 0.3) is 0 Å². The van der Waals surface area contributed by atoms with Crippen LogP contribution in [-0.4, -0.2) is 31.3 Å². The van der Waals surface area contributed by atoms with E-state index in [9.17, 15) is 4.79 Å². The Kier molecular flexibility index (Phi) is 4.31. The lowest BCUT2D eigenvalue weighted by molar-refractivity contribution is -0.108. The molecule has 3 unspecified atom stereocenters. The van der Waals surface area contributed by atoms with Crippen LogP contribution in [0.5, 0.6) is 0 Å². The van der Waals surface area contributed by atoms with Crippen LogP contribution in [0.1, 0.15) is 39.5 Å². The van der Waals surface area contributed by atoms with Crippen molar-refractivity contribution in [3.63, 3.8) is 0 Å². The monoisotopic (exact) mass is 265 g/mol. The molecule has 5 heteroatoms. The van der Waals surface area contributed by atoms with E-state index in [1.807, 2.05) is 0 Å². The molecule has 5 nitrogen and oxygen atoms in total. The number of carbonyl (C=O) groups excluding carboxylic acids is 1. The van der Waals surface area contributed by atoms with Crippen LogP contribution in [0.4, 0.5) is 4.79 Å². The first-order valence-electron chi connectivity index (χ1n) is 7.10. The van der Waals surface area contributed by atoms with E-state index < -0.39 is 0 Å². The number of nitrogens with zero attached hydrogens (tertiary/aromatic N) is 1. The molecule has 1 heterocycles. The highest BCUT2D eigenvalue weighted by atomic mass is 16.5. The van der Waals surface area contributed by atoms with Crippen LogP contribution in [0, 0.1) is 22.7 Å². The van der Waals surface area contributed by atoms with Gasteiger partial charge in [0.25, 0.3) is 0 Å². The molecule has 19 heavy (non-hydrogen) atoms. The van der Waals surface area contributed by atoms with Crippen LogP contribution in [0.15, 0.2) is 0 Å². The second-order valence-electron chi connectivity index (χ2n) is 6.06. The molecule has 2 rings (SSSR count). The summed E-state index contributed by atoms with van der Waals surface area (Å²) in [6.45, 7) is 5.74. The number of nitrogens with one attached hydrogen (secondary N) is 2. The fourth-order valence-electron chi connectivity index (χ4n) is 3.34. The fourth-order valence-corrected chi connectivity index (χ4v) is 3.34. The van der Waals surface area contributed by atoms with E-state index in [4.69, 9.17) is 10.00 Å². The highest BCUT2D eigenvalue weighted by Crippen LogP contribution is 2.51. The van der Waals surface area contributed by atoms with Crippen molar-refractivity contribution in [2.24, 2.45) is 11.3 Å². The van der Waals surface area contributed by atoms with Crippen LogP contribution < -0.4 is 10.6 Å². The van der Waals surface area contributed by atoms with Gasteiger partial charge >= 0.3 is 6.03 Å². The number of carbonyl (C=O) groups is 1. The van der Waals surface area contributed by atoms with Crippen molar-refractivity contribution in [2.45, 2.75) is 51.7 Å². The molecule has 1 saturated carbocycles. The first kappa shape index (κ1) is 14.1. The second-order valence-corrected chi connectivity index (χ2v) is 6.06. The number of nitriles is 1. The van der Waals surface area contributed by atoms with E-state index in [1.54, 1.807) is 0 Å². The molecule has 0 aromatic heterocycles. The van der Waals surface area contributed by atoms with Crippen molar-refractivity contribution < 1.29 is 9.53 Å². The third-order valence-corrected chi connectivity index (χ3v) is 4.39. The number of ether oxygens (including phenoxy) is 1. The van der Waals surface area contributed by atoms with Gasteiger partial charge in [0.2, 0.25) is 0 Å². The minimum atomic E-state index is -0.0969. The van der Waals surface area contributed by atoms with Crippen molar-refractivity contribution in [3.05, 3.63) is 0 Å². The maximum absolute atomic E-state index is 11.8. The number of unbranched alkanes of at least 4 members (excludes halogenated alkanes) is 2. The summed E-state index contributed by atoms with van der Waals surface area (Å²) in [5.41, 5.74) is 0.0271. The first-order chi connectivity index (χ1) is 9.07. The standard InChI is InChI=1S/C14H23N3O2/c1-14(2)11(10-6-9-19-12(10)14)17-13(18)16-8-5-3-4-7-15/h10-12H,3-6,8-9H2,1-2H3,(H2,16,17,18). The number of hydrogen-bond acceptors (Lipinski definition) is 3. The van der Waals surface area contributed by atoms with Gasteiger partial charge in [-0.15, -0.1) is 0 Å². The number of amides is 2. The van der Waals surface area contributed by atoms with Crippen molar-refractivity contribution in [1.29, 1.82) is 5.26 Å². The van der Waals surface area contributed by atoms with E-state index >= 15 is 0 Å². The van der Waals surface area contributed by atoms with Gasteiger partial charge in [-0.2, -0.15) is 5.26 Å². The molecular formula is C14H23N3O2. The molecule has 1 saturated heterocycles. The normalized spacial score (nSPS) is 30.9. The quantitative estimate of drug-likeness (QED) is 0.744. The van der Waals surface area contributed by atoms with Gasteiger partial charge in [0.1, 0.15) is 0 Å². The highest BCUT2D eigenvalue weighted by molar-refractivity contribution is 5.74. The van der Waals surface area contributed by atoms with Gasteiger partial charge in [0.15, 0.2) is 0 Å². The van der Waals surface area contributed by atoms with E-state index in [0.29, 0.717) is 25.0 Å². The Balaban J connectivity index is 1.69. The van der Waals surface area contributed by atoms with Crippen molar-refractivity contribution in [3.8, 4) is 6.07 Å². The molecule has 0 bridgehead atoms. The van der Waals surface area contributed by atoms with Crippen molar-refractivity contribution in [2.75, 3.05) is 13.2 Å². The molecule has 0 spiro atoms. The molecule has 0 radical (unpaired) electrons. The van der Waals surface area contributed by atoms with E-state index in [0.717, 1.165) is 25.9 Å². The average molecular weight is 265 g/mol. The number of rotatable bonds is 5. The zero-order valence-electron chi connectivity index (χ0n) is 11.7. The summed E-state index contributed by atoms with van der Waals surface area (Å²) < 4.78 is 5.70. The molecule has 106 valence electrons. The predicted molar refractivity (Wildman–Crippen MR) is 71.4 cm³/mol. The molecule has 2 amide bonds. The minimum Gasteiger partial charge on any atom is -0.377 e. The summed E-state index contributed by atoms with van der Waals surface area (Å²) in [5, 5.41) is 14.3. The molecule has 3 atom stereocenters. The largest absolute Gasteiger partial charge is 0.377 e. The maximum atomic E-state index is 11.8. The zero-order chi connectivity index (χ0) is 13.9. The maximum Gasteiger partial charge on any atom is 0.315 e. The van der Waals surface area contributed by atoms with Crippen molar-refractivity contribution in [1.82, 2.24) is 10.6 Å². The van der Waals surface area contributed by atoms with Gasteiger partial charge in [0, 0.05) is 36.9 Å². The molecule has 0 aromatic carbocycles. The SMILES string of the molecule is CC1(C)C(NC(=O)NCCCCC#N)C2CCOC21. The molecule has 1 aliphatic heterocycles. The molecule has 2 fully saturated rings. The number of fused-ring (bicyclic) bond motifs is 1. The van der Waals surface area contributed by atoms with Crippen LogP contribution >= 0.6 is 0 Å². The highest BCUT2D eigenvalue weighted by Gasteiger charge is 2.59. The van der Waals surface area contributed by atoms with Crippen molar-refractivity contribution >= 4 is 6.03 Å².